The Hall–Kier alpha value is -3.48. The molecule has 0 unspecified atom stereocenters. The van der Waals surface area contributed by atoms with Crippen LogP contribution in [0.25, 0.3) is 6.08 Å². The van der Waals surface area contributed by atoms with E-state index < -0.39 is 0 Å². The summed E-state index contributed by atoms with van der Waals surface area (Å²) in [5, 5.41) is 5.69. The van der Waals surface area contributed by atoms with Gasteiger partial charge in [0, 0.05) is 19.2 Å². The lowest BCUT2D eigenvalue weighted by molar-refractivity contribution is -0.120. The fourth-order valence-electron chi connectivity index (χ4n) is 3.06. The first-order chi connectivity index (χ1) is 13.2. The van der Waals surface area contributed by atoms with E-state index in [9.17, 15) is 9.59 Å². The molecular formula is C20H19N3O4. The minimum atomic E-state index is -0.249. The van der Waals surface area contributed by atoms with Gasteiger partial charge in [0.05, 0.1) is 17.9 Å². The van der Waals surface area contributed by atoms with Crippen molar-refractivity contribution in [3.8, 4) is 11.5 Å². The number of nitrogens with one attached hydrogen (secondary N) is 2. The van der Waals surface area contributed by atoms with Gasteiger partial charge in [-0.15, -0.1) is 0 Å². The third-order valence-electron chi connectivity index (χ3n) is 4.36. The summed E-state index contributed by atoms with van der Waals surface area (Å²) in [4.78, 5) is 26.0. The Labute approximate surface area is 156 Å². The summed E-state index contributed by atoms with van der Waals surface area (Å²) < 4.78 is 10.6. The molecule has 2 heterocycles. The largest absolute Gasteiger partial charge is 0.454 e. The van der Waals surface area contributed by atoms with Crippen LogP contribution in [-0.4, -0.2) is 38.2 Å². The highest BCUT2D eigenvalue weighted by atomic mass is 16.7. The van der Waals surface area contributed by atoms with Crippen molar-refractivity contribution in [2.45, 2.75) is 0 Å². The zero-order valence-electron chi connectivity index (χ0n) is 14.6. The van der Waals surface area contributed by atoms with Crippen molar-refractivity contribution in [3.05, 3.63) is 54.1 Å². The molecule has 2 N–H and O–H groups in total. The zero-order valence-corrected chi connectivity index (χ0v) is 14.6. The number of benzene rings is 2. The summed E-state index contributed by atoms with van der Waals surface area (Å²) in [7, 11) is 0. The van der Waals surface area contributed by atoms with Gasteiger partial charge in [0.1, 0.15) is 0 Å². The van der Waals surface area contributed by atoms with E-state index in [1.807, 2.05) is 47.4 Å². The minimum Gasteiger partial charge on any atom is -0.454 e. The maximum absolute atomic E-state index is 12.4. The van der Waals surface area contributed by atoms with Crippen LogP contribution in [0.5, 0.6) is 11.5 Å². The SMILES string of the molecule is O=C(/C=C/c1ccc2c(c1)OCO2)Nc1ccccc1N1CCNC(=O)C1. The molecule has 0 bridgehead atoms. The van der Waals surface area contributed by atoms with E-state index in [1.54, 1.807) is 6.08 Å². The molecule has 0 aromatic heterocycles. The maximum atomic E-state index is 12.4. The van der Waals surface area contributed by atoms with Gasteiger partial charge in [-0.2, -0.15) is 0 Å². The molecule has 0 atom stereocenters. The smallest absolute Gasteiger partial charge is 0.248 e. The highest BCUT2D eigenvalue weighted by Crippen LogP contribution is 2.32. The van der Waals surface area contributed by atoms with Crippen molar-refractivity contribution >= 4 is 29.3 Å². The Bertz CT molecular complexity index is 910. The summed E-state index contributed by atoms with van der Waals surface area (Å²) in [6.07, 6.45) is 3.19. The van der Waals surface area contributed by atoms with Gasteiger partial charge in [0.2, 0.25) is 18.6 Å². The Morgan fingerprint density at radius 3 is 2.89 bits per heavy atom. The van der Waals surface area contributed by atoms with Crippen LogP contribution < -0.4 is 25.0 Å². The summed E-state index contributed by atoms with van der Waals surface area (Å²) >= 11 is 0. The van der Waals surface area contributed by atoms with Gasteiger partial charge in [0.25, 0.3) is 0 Å². The molecule has 2 aliphatic heterocycles. The lowest BCUT2D eigenvalue weighted by atomic mass is 10.2. The van der Waals surface area contributed by atoms with Gasteiger partial charge >= 0.3 is 0 Å². The van der Waals surface area contributed by atoms with Crippen LogP contribution in [0.3, 0.4) is 0 Å². The summed E-state index contributed by atoms with van der Waals surface area (Å²) in [6, 6.07) is 13.0. The van der Waals surface area contributed by atoms with Gasteiger partial charge in [-0.05, 0) is 35.9 Å². The second-order valence-corrected chi connectivity index (χ2v) is 6.22. The number of nitrogens with zero attached hydrogens (tertiary/aromatic N) is 1. The van der Waals surface area contributed by atoms with Crippen LogP contribution in [0.2, 0.25) is 0 Å². The molecule has 27 heavy (non-hydrogen) atoms. The van der Waals surface area contributed by atoms with E-state index in [0.717, 1.165) is 11.3 Å². The van der Waals surface area contributed by atoms with Crippen LogP contribution in [0.1, 0.15) is 5.56 Å². The summed E-state index contributed by atoms with van der Waals surface area (Å²) in [5.74, 6) is 1.11. The molecule has 1 fully saturated rings. The second kappa shape index (κ2) is 7.41. The number of piperazine rings is 1. The van der Waals surface area contributed by atoms with Gasteiger partial charge in [-0.3, -0.25) is 9.59 Å². The van der Waals surface area contributed by atoms with Crippen LogP contribution in [0.15, 0.2) is 48.5 Å². The quantitative estimate of drug-likeness (QED) is 0.810. The van der Waals surface area contributed by atoms with Crippen molar-refractivity contribution < 1.29 is 19.1 Å². The molecule has 4 rings (SSSR count). The van der Waals surface area contributed by atoms with E-state index in [-0.39, 0.29) is 25.2 Å². The number of fused-ring (bicyclic) bond motifs is 1. The van der Waals surface area contributed by atoms with Crippen LogP contribution in [0.4, 0.5) is 11.4 Å². The molecule has 0 saturated carbocycles. The van der Waals surface area contributed by atoms with Gasteiger partial charge < -0.3 is 25.0 Å². The van der Waals surface area contributed by atoms with Crippen molar-refractivity contribution in [2.75, 3.05) is 36.6 Å². The second-order valence-electron chi connectivity index (χ2n) is 6.22. The average Bonchev–Trinajstić information content (AvgIpc) is 3.15. The van der Waals surface area contributed by atoms with E-state index in [0.29, 0.717) is 30.3 Å². The van der Waals surface area contributed by atoms with Crippen LogP contribution in [-0.2, 0) is 9.59 Å². The minimum absolute atomic E-state index is 0.0231. The number of ether oxygens (including phenoxy) is 2. The van der Waals surface area contributed by atoms with Crippen molar-refractivity contribution in [1.82, 2.24) is 5.32 Å². The molecule has 2 aromatic carbocycles. The number of carbonyl (C=O) groups is 2. The third-order valence-corrected chi connectivity index (χ3v) is 4.36. The molecule has 2 amide bonds. The van der Waals surface area contributed by atoms with E-state index in [4.69, 9.17) is 9.47 Å². The highest BCUT2D eigenvalue weighted by Gasteiger charge is 2.19. The first-order valence-electron chi connectivity index (χ1n) is 8.68. The van der Waals surface area contributed by atoms with Crippen molar-refractivity contribution in [2.24, 2.45) is 0 Å². The molecule has 7 heteroatoms. The van der Waals surface area contributed by atoms with Crippen molar-refractivity contribution in [1.29, 1.82) is 0 Å². The summed E-state index contributed by atoms with van der Waals surface area (Å²) in [5.41, 5.74) is 2.35. The Morgan fingerprint density at radius 1 is 1.15 bits per heavy atom. The fourth-order valence-corrected chi connectivity index (χ4v) is 3.06. The number of anilines is 2. The fraction of sp³-hybridized carbons (Fsp3) is 0.200. The summed E-state index contributed by atoms with van der Waals surface area (Å²) in [6.45, 7) is 1.78. The molecule has 0 aliphatic carbocycles. The average molecular weight is 365 g/mol. The predicted octanol–water partition coefficient (Wildman–Crippen LogP) is 2.00. The third kappa shape index (κ3) is 3.87. The van der Waals surface area contributed by atoms with Gasteiger partial charge in [-0.25, -0.2) is 0 Å². The Kier molecular flexibility index (Phi) is 4.65. The van der Waals surface area contributed by atoms with Crippen molar-refractivity contribution in [3.63, 3.8) is 0 Å². The van der Waals surface area contributed by atoms with Gasteiger partial charge in [-0.1, -0.05) is 18.2 Å². The Balaban J connectivity index is 1.46. The van der Waals surface area contributed by atoms with E-state index in [1.165, 1.54) is 6.08 Å². The zero-order chi connectivity index (χ0) is 18.6. The van der Waals surface area contributed by atoms with E-state index in [2.05, 4.69) is 10.6 Å². The highest BCUT2D eigenvalue weighted by molar-refractivity contribution is 6.04. The van der Waals surface area contributed by atoms with Gasteiger partial charge in [0.15, 0.2) is 11.5 Å². The van der Waals surface area contributed by atoms with Crippen LogP contribution >= 0.6 is 0 Å². The molecule has 138 valence electrons. The maximum Gasteiger partial charge on any atom is 0.248 e. The molecular weight excluding hydrogens is 346 g/mol. The number of hydrogen-bond donors (Lipinski definition) is 2. The standard InChI is InChI=1S/C20H19N3O4/c24-19(8-6-14-5-7-17-18(11-14)27-13-26-17)22-15-3-1-2-4-16(15)23-10-9-21-20(25)12-23/h1-8,11H,9-10,12-13H2,(H,21,25)(H,22,24)/b8-6+. The molecule has 2 aromatic rings. The first-order valence-corrected chi connectivity index (χ1v) is 8.68. The predicted molar refractivity (Wildman–Crippen MR) is 102 cm³/mol. The monoisotopic (exact) mass is 365 g/mol. The number of amides is 2. The van der Waals surface area contributed by atoms with Crippen LogP contribution in [0, 0.1) is 0 Å². The number of carbonyl (C=O) groups excluding carboxylic acids is 2. The number of para-hydroxylation sites is 2. The molecule has 2 aliphatic rings. The Morgan fingerprint density at radius 2 is 2.00 bits per heavy atom. The topological polar surface area (TPSA) is 79.9 Å². The molecule has 7 nitrogen and oxygen atoms in total. The molecule has 0 spiro atoms. The number of hydrogen-bond acceptors (Lipinski definition) is 5. The van der Waals surface area contributed by atoms with E-state index >= 15 is 0 Å². The number of rotatable bonds is 4. The lowest BCUT2D eigenvalue weighted by Gasteiger charge is -2.30. The normalized spacial score (nSPS) is 15.7. The molecule has 1 saturated heterocycles. The first kappa shape index (κ1) is 17.0. The molecule has 0 radical (unpaired) electrons. The lowest BCUT2D eigenvalue weighted by Crippen LogP contribution is -2.47.